The summed E-state index contributed by atoms with van der Waals surface area (Å²) in [7, 11) is 0. The molecule has 18 heavy (non-hydrogen) atoms. The normalized spacial score (nSPS) is 24.9. The Bertz CT molecular complexity index is 367. The molecular weight excluding hydrogens is 220 g/mol. The molecule has 0 aromatic heterocycles. The van der Waals surface area contributed by atoms with Crippen LogP contribution < -0.4 is 11.1 Å². The Labute approximate surface area is 111 Å². The number of hydrogen-bond acceptors (Lipinski definition) is 2. The molecule has 0 radical (unpaired) electrons. The second-order valence-corrected chi connectivity index (χ2v) is 6.58. The summed E-state index contributed by atoms with van der Waals surface area (Å²) in [6.07, 6.45) is 4.69. The molecule has 0 bridgehead atoms. The smallest absolute Gasteiger partial charge is 0.0342 e. The van der Waals surface area contributed by atoms with Gasteiger partial charge < -0.3 is 11.1 Å². The van der Waals surface area contributed by atoms with Crippen LogP contribution in [-0.4, -0.2) is 12.1 Å². The minimum Gasteiger partial charge on any atom is -0.382 e. The topological polar surface area (TPSA) is 38.0 Å². The van der Waals surface area contributed by atoms with Crippen LogP contribution in [0.3, 0.4) is 0 Å². The summed E-state index contributed by atoms with van der Waals surface area (Å²) in [6, 6.07) is 9.90. The molecule has 1 fully saturated rings. The van der Waals surface area contributed by atoms with E-state index in [1.807, 2.05) is 0 Å². The molecule has 1 saturated carbocycles. The lowest BCUT2D eigenvalue weighted by molar-refractivity contribution is 0.411. The standard InChI is InChI=1S/C16H26N2/c1-16(2,3)12-4-8-14(9-5-12)18-15-10-6-13(17)7-11-15/h4-5,8-9,13,15,18H,6-7,10-11,17H2,1-3H3/t13-,15-. The predicted molar refractivity (Wildman–Crippen MR) is 79.0 cm³/mol. The molecule has 0 spiro atoms. The lowest BCUT2D eigenvalue weighted by Crippen LogP contribution is -2.32. The van der Waals surface area contributed by atoms with E-state index in [1.165, 1.54) is 24.1 Å². The largest absolute Gasteiger partial charge is 0.382 e. The van der Waals surface area contributed by atoms with Crippen molar-refractivity contribution in [1.29, 1.82) is 0 Å². The average molecular weight is 246 g/mol. The van der Waals surface area contributed by atoms with Crippen molar-refractivity contribution >= 4 is 5.69 Å². The second-order valence-electron chi connectivity index (χ2n) is 6.58. The average Bonchev–Trinajstić information content (AvgIpc) is 2.32. The van der Waals surface area contributed by atoms with Crippen LogP contribution in [0, 0.1) is 0 Å². The van der Waals surface area contributed by atoms with E-state index in [2.05, 4.69) is 50.4 Å². The van der Waals surface area contributed by atoms with Gasteiger partial charge in [0.15, 0.2) is 0 Å². The van der Waals surface area contributed by atoms with Gasteiger partial charge in [-0.2, -0.15) is 0 Å². The van der Waals surface area contributed by atoms with Gasteiger partial charge in [0, 0.05) is 17.8 Å². The third kappa shape index (κ3) is 3.49. The van der Waals surface area contributed by atoms with Crippen molar-refractivity contribution in [3.8, 4) is 0 Å². The molecule has 2 heteroatoms. The summed E-state index contributed by atoms with van der Waals surface area (Å²) in [4.78, 5) is 0. The van der Waals surface area contributed by atoms with E-state index < -0.39 is 0 Å². The van der Waals surface area contributed by atoms with E-state index in [4.69, 9.17) is 5.73 Å². The number of nitrogens with one attached hydrogen (secondary N) is 1. The van der Waals surface area contributed by atoms with E-state index in [0.29, 0.717) is 12.1 Å². The van der Waals surface area contributed by atoms with E-state index in [-0.39, 0.29) is 5.41 Å². The maximum absolute atomic E-state index is 5.93. The van der Waals surface area contributed by atoms with Crippen molar-refractivity contribution in [3.05, 3.63) is 29.8 Å². The first kappa shape index (κ1) is 13.4. The van der Waals surface area contributed by atoms with Crippen LogP contribution >= 0.6 is 0 Å². The highest BCUT2D eigenvalue weighted by Gasteiger charge is 2.18. The van der Waals surface area contributed by atoms with Gasteiger partial charge in [-0.1, -0.05) is 32.9 Å². The lowest BCUT2D eigenvalue weighted by atomic mass is 9.87. The molecule has 1 aromatic rings. The molecule has 2 nitrogen and oxygen atoms in total. The molecule has 1 aliphatic carbocycles. The van der Waals surface area contributed by atoms with Crippen LogP contribution in [0.1, 0.15) is 52.0 Å². The van der Waals surface area contributed by atoms with Crippen molar-refractivity contribution < 1.29 is 0 Å². The highest BCUT2D eigenvalue weighted by Crippen LogP contribution is 2.25. The fourth-order valence-electron chi connectivity index (χ4n) is 2.57. The Morgan fingerprint density at radius 1 is 1.00 bits per heavy atom. The Morgan fingerprint density at radius 3 is 2.06 bits per heavy atom. The van der Waals surface area contributed by atoms with E-state index in [9.17, 15) is 0 Å². The van der Waals surface area contributed by atoms with Gasteiger partial charge in [-0.25, -0.2) is 0 Å². The number of anilines is 1. The van der Waals surface area contributed by atoms with Crippen molar-refractivity contribution in [3.63, 3.8) is 0 Å². The monoisotopic (exact) mass is 246 g/mol. The molecule has 0 saturated heterocycles. The molecule has 0 atom stereocenters. The van der Waals surface area contributed by atoms with Gasteiger partial charge in [0.1, 0.15) is 0 Å². The van der Waals surface area contributed by atoms with Gasteiger partial charge in [-0.3, -0.25) is 0 Å². The fraction of sp³-hybridized carbons (Fsp3) is 0.625. The first-order valence-electron chi connectivity index (χ1n) is 7.08. The van der Waals surface area contributed by atoms with Gasteiger partial charge in [0.25, 0.3) is 0 Å². The molecule has 1 aliphatic rings. The Kier molecular flexibility index (Phi) is 3.96. The Morgan fingerprint density at radius 2 is 1.56 bits per heavy atom. The van der Waals surface area contributed by atoms with Crippen molar-refractivity contribution in [1.82, 2.24) is 0 Å². The van der Waals surface area contributed by atoms with Gasteiger partial charge in [0.2, 0.25) is 0 Å². The van der Waals surface area contributed by atoms with Gasteiger partial charge in [0.05, 0.1) is 0 Å². The van der Waals surface area contributed by atoms with Gasteiger partial charge >= 0.3 is 0 Å². The predicted octanol–water partition coefficient (Wildman–Crippen LogP) is 3.67. The number of rotatable bonds is 2. The molecular formula is C16H26N2. The number of nitrogens with two attached hydrogens (primary N) is 1. The maximum atomic E-state index is 5.93. The Hall–Kier alpha value is -1.02. The molecule has 1 aromatic carbocycles. The molecule has 100 valence electrons. The molecule has 2 rings (SSSR count). The maximum Gasteiger partial charge on any atom is 0.0342 e. The molecule has 3 N–H and O–H groups in total. The molecule has 0 heterocycles. The first-order valence-corrected chi connectivity index (χ1v) is 7.08. The van der Waals surface area contributed by atoms with Gasteiger partial charge in [-0.05, 0) is 48.8 Å². The summed E-state index contributed by atoms with van der Waals surface area (Å²) < 4.78 is 0. The van der Waals surface area contributed by atoms with Gasteiger partial charge in [-0.15, -0.1) is 0 Å². The summed E-state index contributed by atoms with van der Waals surface area (Å²) in [5, 5.41) is 3.62. The molecule has 0 aliphatic heterocycles. The van der Waals surface area contributed by atoms with Crippen molar-refractivity contribution in [2.24, 2.45) is 5.73 Å². The minimum absolute atomic E-state index is 0.232. The SMILES string of the molecule is CC(C)(C)c1ccc(N[C@H]2CC[C@H](N)CC2)cc1. The quantitative estimate of drug-likeness (QED) is 0.835. The first-order chi connectivity index (χ1) is 8.45. The summed E-state index contributed by atoms with van der Waals surface area (Å²) in [5.74, 6) is 0. The highest BCUT2D eigenvalue weighted by molar-refractivity contribution is 5.46. The van der Waals surface area contributed by atoms with Crippen LogP contribution in [-0.2, 0) is 5.41 Å². The second kappa shape index (κ2) is 5.31. The zero-order chi connectivity index (χ0) is 13.2. The third-order valence-corrected chi connectivity index (χ3v) is 3.89. The Balaban J connectivity index is 1.94. The van der Waals surface area contributed by atoms with Crippen LogP contribution in [0.15, 0.2) is 24.3 Å². The molecule has 0 unspecified atom stereocenters. The summed E-state index contributed by atoms with van der Waals surface area (Å²) in [6.45, 7) is 6.74. The summed E-state index contributed by atoms with van der Waals surface area (Å²) >= 11 is 0. The van der Waals surface area contributed by atoms with Crippen LogP contribution in [0.5, 0.6) is 0 Å². The van der Waals surface area contributed by atoms with E-state index in [0.717, 1.165) is 12.8 Å². The van der Waals surface area contributed by atoms with Crippen molar-refractivity contribution in [2.75, 3.05) is 5.32 Å². The van der Waals surface area contributed by atoms with E-state index >= 15 is 0 Å². The van der Waals surface area contributed by atoms with Crippen LogP contribution in [0.4, 0.5) is 5.69 Å². The lowest BCUT2D eigenvalue weighted by Gasteiger charge is -2.28. The summed E-state index contributed by atoms with van der Waals surface area (Å²) in [5.41, 5.74) is 8.79. The van der Waals surface area contributed by atoms with Crippen LogP contribution in [0.25, 0.3) is 0 Å². The minimum atomic E-state index is 0.232. The van der Waals surface area contributed by atoms with Crippen LogP contribution in [0.2, 0.25) is 0 Å². The number of hydrogen-bond donors (Lipinski definition) is 2. The van der Waals surface area contributed by atoms with Crippen molar-refractivity contribution in [2.45, 2.75) is 64.0 Å². The zero-order valence-electron chi connectivity index (χ0n) is 11.9. The fourth-order valence-corrected chi connectivity index (χ4v) is 2.57. The molecule has 0 amide bonds. The zero-order valence-corrected chi connectivity index (χ0v) is 11.9. The van der Waals surface area contributed by atoms with E-state index in [1.54, 1.807) is 0 Å². The third-order valence-electron chi connectivity index (χ3n) is 3.89. The number of benzene rings is 1. The highest BCUT2D eigenvalue weighted by atomic mass is 14.9.